The number of piperazine rings is 1. The average molecular weight is 501 g/mol. The van der Waals surface area contributed by atoms with Crippen LogP contribution >= 0.6 is 11.6 Å². The van der Waals surface area contributed by atoms with E-state index in [1.54, 1.807) is 36.1 Å². The highest BCUT2D eigenvalue weighted by Gasteiger charge is 2.39. The smallest absolute Gasteiger partial charge is 0.338 e. The van der Waals surface area contributed by atoms with E-state index < -0.39 is 12.0 Å². The van der Waals surface area contributed by atoms with Crippen molar-refractivity contribution in [2.45, 2.75) is 32.2 Å². The molecule has 1 aliphatic carbocycles. The maximum Gasteiger partial charge on any atom is 0.338 e. The molecule has 8 nitrogen and oxygen atoms in total. The minimum Gasteiger partial charge on any atom is -0.463 e. The lowest BCUT2D eigenvalue weighted by Gasteiger charge is -2.41. The molecule has 35 heavy (non-hydrogen) atoms. The maximum atomic E-state index is 13.2. The number of amides is 3. The SMILES string of the molecule is C=CCN1C(=O)NC(c2cccc(Cl)c2)C(C(=O)OCC)=C1CN1CCN(C(=O)C2CCC2)CC1. The van der Waals surface area contributed by atoms with Gasteiger partial charge >= 0.3 is 12.0 Å². The molecule has 3 amide bonds. The van der Waals surface area contributed by atoms with Crippen molar-refractivity contribution in [2.75, 3.05) is 45.9 Å². The third-order valence-corrected chi connectivity index (χ3v) is 7.17. The van der Waals surface area contributed by atoms with Gasteiger partial charge in [0.15, 0.2) is 0 Å². The molecule has 1 saturated carbocycles. The van der Waals surface area contributed by atoms with Crippen molar-refractivity contribution in [2.24, 2.45) is 5.92 Å². The summed E-state index contributed by atoms with van der Waals surface area (Å²) in [5.41, 5.74) is 1.69. The number of nitrogens with one attached hydrogen (secondary N) is 1. The molecule has 0 bridgehead atoms. The fourth-order valence-corrected chi connectivity index (χ4v) is 5.03. The minimum atomic E-state index is -0.683. The highest BCUT2D eigenvalue weighted by atomic mass is 35.5. The summed E-state index contributed by atoms with van der Waals surface area (Å²) in [6.07, 6.45) is 4.75. The van der Waals surface area contributed by atoms with Gasteiger partial charge in [-0.05, 0) is 37.5 Å². The molecular weight excluding hydrogens is 468 g/mol. The lowest BCUT2D eigenvalue weighted by molar-refractivity contribution is -0.140. The van der Waals surface area contributed by atoms with Crippen LogP contribution in [0.4, 0.5) is 4.79 Å². The van der Waals surface area contributed by atoms with E-state index in [9.17, 15) is 14.4 Å². The Morgan fingerprint density at radius 2 is 1.97 bits per heavy atom. The third kappa shape index (κ3) is 5.54. The van der Waals surface area contributed by atoms with Crippen molar-refractivity contribution in [1.82, 2.24) is 20.0 Å². The largest absolute Gasteiger partial charge is 0.463 e. The van der Waals surface area contributed by atoms with Gasteiger partial charge in [-0.1, -0.05) is 36.2 Å². The monoisotopic (exact) mass is 500 g/mol. The summed E-state index contributed by atoms with van der Waals surface area (Å²) in [6.45, 7) is 9.03. The van der Waals surface area contributed by atoms with Crippen LogP contribution in [0.3, 0.4) is 0 Å². The average Bonchev–Trinajstić information content (AvgIpc) is 2.80. The number of esters is 1. The van der Waals surface area contributed by atoms with Crippen LogP contribution in [0.5, 0.6) is 0 Å². The molecule has 1 aromatic carbocycles. The number of carbonyl (C=O) groups is 3. The lowest BCUT2D eigenvalue weighted by Crippen LogP contribution is -2.54. The summed E-state index contributed by atoms with van der Waals surface area (Å²) in [5, 5.41) is 3.47. The Hall–Kier alpha value is -2.84. The van der Waals surface area contributed by atoms with E-state index >= 15 is 0 Å². The molecule has 188 valence electrons. The Balaban J connectivity index is 1.63. The van der Waals surface area contributed by atoms with Crippen LogP contribution in [0.25, 0.3) is 0 Å². The Kier molecular flexibility index (Phi) is 8.13. The number of hydrogen-bond acceptors (Lipinski definition) is 5. The fraction of sp³-hybridized carbons (Fsp3) is 0.500. The van der Waals surface area contributed by atoms with Crippen molar-refractivity contribution < 1.29 is 19.1 Å². The molecule has 9 heteroatoms. The maximum absolute atomic E-state index is 13.2. The summed E-state index contributed by atoms with van der Waals surface area (Å²) in [7, 11) is 0. The van der Waals surface area contributed by atoms with E-state index in [1.165, 1.54) is 0 Å². The Morgan fingerprint density at radius 1 is 1.23 bits per heavy atom. The van der Waals surface area contributed by atoms with E-state index in [0.717, 1.165) is 19.3 Å². The summed E-state index contributed by atoms with van der Waals surface area (Å²) < 4.78 is 5.43. The van der Waals surface area contributed by atoms with Gasteiger partial charge < -0.3 is 15.0 Å². The zero-order valence-corrected chi connectivity index (χ0v) is 20.9. The standard InChI is InChI=1S/C26H33ClN4O4/c1-3-11-31-21(17-29-12-14-30(15-13-29)24(32)18-7-5-8-18)22(25(33)35-4-2)23(28-26(31)34)19-9-6-10-20(27)16-19/h3,6,9-10,16,18,23H,1,4-5,7-8,11-15,17H2,2H3,(H,28,34). The number of halogens is 1. The molecule has 1 N–H and O–H groups in total. The van der Waals surface area contributed by atoms with Gasteiger partial charge in [0.25, 0.3) is 0 Å². The van der Waals surface area contributed by atoms with E-state index in [0.29, 0.717) is 54.6 Å². The normalized spacial score (nSPS) is 21.4. The number of benzene rings is 1. The molecule has 4 rings (SSSR count). The summed E-state index contributed by atoms with van der Waals surface area (Å²) in [5.74, 6) is -0.0303. The van der Waals surface area contributed by atoms with Gasteiger partial charge in [-0.2, -0.15) is 0 Å². The zero-order chi connectivity index (χ0) is 24.9. The van der Waals surface area contributed by atoms with Crippen LogP contribution in [0.2, 0.25) is 5.02 Å². The number of urea groups is 1. The van der Waals surface area contributed by atoms with Gasteiger partial charge in [-0.15, -0.1) is 6.58 Å². The van der Waals surface area contributed by atoms with Gasteiger partial charge in [0.2, 0.25) is 5.91 Å². The lowest BCUT2D eigenvalue weighted by atomic mass is 9.84. The molecule has 1 saturated heterocycles. The number of hydrogen-bond donors (Lipinski definition) is 1. The topological polar surface area (TPSA) is 82.2 Å². The zero-order valence-electron chi connectivity index (χ0n) is 20.2. The molecule has 0 radical (unpaired) electrons. The van der Waals surface area contributed by atoms with Crippen molar-refractivity contribution >= 4 is 29.5 Å². The number of ether oxygens (including phenoxy) is 1. The number of nitrogens with zero attached hydrogens (tertiary/aromatic N) is 3. The molecule has 2 heterocycles. The van der Waals surface area contributed by atoms with E-state index in [1.807, 2.05) is 11.0 Å². The van der Waals surface area contributed by atoms with Crippen molar-refractivity contribution in [1.29, 1.82) is 0 Å². The first-order valence-corrected chi connectivity index (χ1v) is 12.7. The molecule has 2 aliphatic heterocycles. The van der Waals surface area contributed by atoms with Gasteiger partial charge in [0.1, 0.15) is 0 Å². The fourth-order valence-electron chi connectivity index (χ4n) is 4.83. The molecule has 3 aliphatic rings. The molecular formula is C26H33ClN4O4. The highest BCUT2D eigenvalue weighted by molar-refractivity contribution is 6.30. The Bertz CT molecular complexity index is 1010. The van der Waals surface area contributed by atoms with Crippen LogP contribution in [-0.4, -0.2) is 78.5 Å². The second kappa shape index (κ2) is 11.3. The van der Waals surface area contributed by atoms with Crippen LogP contribution < -0.4 is 5.32 Å². The molecule has 0 spiro atoms. The van der Waals surface area contributed by atoms with E-state index in [-0.39, 0.29) is 31.0 Å². The summed E-state index contributed by atoms with van der Waals surface area (Å²) >= 11 is 6.23. The van der Waals surface area contributed by atoms with Crippen LogP contribution in [-0.2, 0) is 14.3 Å². The Morgan fingerprint density at radius 3 is 2.57 bits per heavy atom. The van der Waals surface area contributed by atoms with E-state index in [2.05, 4.69) is 16.8 Å². The molecule has 2 fully saturated rings. The highest BCUT2D eigenvalue weighted by Crippen LogP contribution is 2.33. The van der Waals surface area contributed by atoms with Crippen molar-refractivity contribution in [3.63, 3.8) is 0 Å². The van der Waals surface area contributed by atoms with Gasteiger partial charge in [-0.25, -0.2) is 9.59 Å². The minimum absolute atomic E-state index is 0.184. The van der Waals surface area contributed by atoms with Gasteiger partial charge in [0.05, 0.1) is 18.2 Å². The first-order valence-electron chi connectivity index (χ1n) is 12.3. The number of rotatable bonds is 8. The second-order valence-electron chi connectivity index (χ2n) is 9.15. The molecule has 0 aromatic heterocycles. The van der Waals surface area contributed by atoms with Crippen LogP contribution in [0.15, 0.2) is 48.2 Å². The molecule has 1 aromatic rings. The van der Waals surface area contributed by atoms with Crippen LogP contribution in [0.1, 0.15) is 37.8 Å². The van der Waals surface area contributed by atoms with Crippen LogP contribution in [0, 0.1) is 5.92 Å². The van der Waals surface area contributed by atoms with Crippen molar-refractivity contribution in [3.05, 3.63) is 58.8 Å². The quantitative estimate of drug-likeness (QED) is 0.437. The predicted molar refractivity (Wildman–Crippen MR) is 134 cm³/mol. The predicted octanol–water partition coefficient (Wildman–Crippen LogP) is 3.35. The summed E-state index contributed by atoms with van der Waals surface area (Å²) in [6, 6.07) is 6.13. The Labute approximate surface area is 211 Å². The van der Waals surface area contributed by atoms with E-state index in [4.69, 9.17) is 16.3 Å². The third-order valence-electron chi connectivity index (χ3n) is 6.94. The molecule has 1 atom stereocenters. The first kappa shape index (κ1) is 25.3. The first-order chi connectivity index (χ1) is 16.9. The summed E-state index contributed by atoms with van der Waals surface area (Å²) in [4.78, 5) is 44.7. The second-order valence-corrected chi connectivity index (χ2v) is 9.58. The van der Waals surface area contributed by atoms with Gasteiger partial charge in [-0.3, -0.25) is 14.6 Å². The van der Waals surface area contributed by atoms with Gasteiger partial charge in [0, 0.05) is 55.9 Å². The number of carbonyl (C=O) groups excluding carboxylic acids is 3. The molecule has 1 unspecified atom stereocenters. The van der Waals surface area contributed by atoms with Crippen molar-refractivity contribution in [3.8, 4) is 0 Å².